The van der Waals surface area contributed by atoms with Gasteiger partial charge in [-0.15, -0.1) is 0 Å². The fourth-order valence-corrected chi connectivity index (χ4v) is 2.41. The van der Waals surface area contributed by atoms with Gasteiger partial charge in [0.25, 0.3) is 0 Å². The van der Waals surface area contributed by atoms with Gasteiger partial charge in [-0.2, -0.15) is 5.10 Å². The Hall–Kier alpha value is -1.77. The Morgan fingerprint density at radius 1 is 1.10 bits per heavy atom. The zero-order valence-electron chi connectivity index (χ0n) is 13.0. The van der Waals surface area contributed by atoms with Gasteiger partial charge in [0.15, 0.2) is 0 Å². The highest BCUT2D eigenvalue weighted by Crippen LogP contribution is 2.23. The Kier molecular flexibility index (Phi) is 4.83. The molecule has 0 fully saturated rings. The largest absolute Gasteiger partial charge is 0.379 e. The van der Waals surface area contributed by atoms with Crippen molar-refractivity contribution in [2.45, 2.75) is 53.1 Å². The predicted octanol–water partition coefficient (Wildman–Crippen LogP) is 4.20. The minimum absolute atomic E-state index is 0.415. The summed E-state index contributed by atoms with van der Waals surface area (Å²) in [5, 5.41) is 8.17. The van der Waals surface area contributed by atoms with Crippen molar-refractivity contribution in [2.24, 2.45) is 0 Å². The predicted molar refractivity (Wildman–Crippen MR) is 85.1 cm³/mol. The molecule has 1 aromatic heterocycles. The molecule has 1 aromatic carbocycles. The van der Waals surface area contributed by atoms with Crippen molar-refractivity contribution in [1.29, 1.82) is 0 Å². The lowest BCUT2D eigenvalue weighted by Crippen LogP contribution is -2.07. The number of rotatable bonds is 6. The van der Waals surface area contributed by atoms with Crippen LogP contribution < -0.4 is 5.32 Å². The van der Waals surface area contributed by atoms with Gasteiger partial charge in [0.05, 0.1) is 12.2 Å². The number of anilines is 1. The van der Waals surface area contributed by atoms with Gasteiger partial charge in [-0.3, -0.25) is 4.68 Å². The summed E-state index contributed by atoms with van der Waals surface area (Å²) in [5.41, 5.74) is 5.14. The molecule has 3 nitrogen and oxygen atoms in total. The molecular weight excluding hydrogens is 246 g/mol. The molecule has 1 heterocycles. The summed E-state index contributed by atoms with van der Waals surface area (Å²) in [6.07, 6.45) is 4.15. The van der Waals surface area contributed by atoms with E-state index < -0.39 is 0 Å². The second-order valence-corrected chi connectivity index (χ2v) is 5.39. The smallest absolute Gasteiger partial charge is 0.0815 e. The van der Waals surface area contributed by atoms with Crippen molar-refractivity contribution in [3.8, 4) is 0 Å². The van der Waals surface area contributed by atoms with Crippen molar-refractivity contribution in [2.75, 3.05) is 5.32 Å². The Bertz CT molecular complexity index is 533. The molecule has 0 aliphatic heterocycles. The highest BCUT2D eigenvalue weighted by atomic mass is 15.3. The molecule has 0 bridgehead atoms. The van der Waals surface area contributed by atoms with E-state index in [1.165, 1.54) is 16.8 Å². The van der Waals surface area contributed by atoms with Crippen LogP contribution in [-0.4, -0.2) is 9.78 Å². The maximum absolute atomic E-state index is 4.59. The number of hydrogen-bond donors (Lipinski definition) is 1. The third-order valence-electron chi connectivity index (χ3n) is 3.64. The average molecular weight is 271 g/mol. The van der Waals surface area contributed by atoms with Crippen molar-refractivity contribution >= 4 is 5.69 Å². The molecule has 0 aliphatic carbocycles. The lowest BCUT2D eigenvalue weighted by molar-refractivity contribution is 0.527. The molecule has 2 rings (SSSR count). The normalized spacial score (nSPS) is 11.1. The van der Waals surface area contributed by atoms with Crippen molar-refractivity contribution in [3.63, 3.8) is 0 Å². The molecule has 3 heteroatoms. The first-order valence-electron chi connectivity index (χ1n) is 7.54. The Morgan fingerprint density at radius 3 is 2.25 bits per heavy atom. The zero-order valence-corrected chi connectivity index (χ0v) is 13.0. The topological polar surface area (TPSA) is 29.9 Å². The summed E-state index contributed by atoms with van der Waals surface area (Å²) in [4.78, 5) is 0. The molecule has 20 heavy (non-hydrogen) atoms. The monoisotopic (exact) mass is 271 g/mol. The lowest BCUT2D eigenvalue weighted by atomic mass is 10.0. The van der Waals surface area contributed by atoms with Crippen molar-refractivity contribution < 1.29 is 0 Å². The summed E-state index contributed by atoms with van der Waals surface area (Å²) in [7, 11) is 0. The highest BCUT2D eigenvalue weighted by Gasteiger charge is 2.07. The van der Waals surface area contributed by atoms with Crippen molar-refractivity contribution in [1.82, 2.24) is 9.78 Å². The van der Waals surface area contributed by atoms with E-state index in [1.54, 1.807) is 0 Å². The zero-order chi connectivity index (χ0) is 14.5. The van der Waals surface area contributed by atoms with Gasteiger partial charge in [0, 0.05) is 17.9 Å². The van der Waals surface area contributed by atoms with E-state index in [2.05, 4.69) is 62.4 Å². The van der Waals surface area contributed by atoms with E-state index >= 15 is 0 Å². The molecule has 0 aliphatic rings. The fraction of sp³-hybridized carbons (Fsp3) is 0.471. The van der Waals surface area contributed by atoms with Gasteiger partial charge < -0.3 is 5.32 Å². The second kappa shape index (κ2) is 6.60. The van der Waals surface area contributed by atoms with Crippen LogP contribution in [0.15, 0.2) is 30.5 Å². The number of nitrogens with zero attached hydrogens (tertiary/aromatic N) is 2. The molecule has 0 spiro atoms. The van der Waals surface area contributed by atoms with Crippen LogP contribution in [0.2, 0.25) is 0 Å². The lowest BCUT2D eigenvalue weighted by Gasteiger charge is -2.14. The van der Waals surface area contributed by atoms with Crippen LogP contribution in [0.4, 0.5) is 5.69 Å². The van der Waals surface area contributed by atoms with Gasteiger partial charge in [0.1, 0.15) is 0 Å². The molecule has 0 unspecified atom stereocenters. The molecule has 2 aromatic rings. The minimum Gasteiger partial charge on any atom is -0.379 e. The maximum atomic E-state index is 4.59. The van der Waals surface area contributed by atoms with Gasteiger partial charge in [-0.25, -0.2) is 0 Å². The Labute approximate surface area is 122 Å². The maximum Gasteiger partial charge on any atom is 0.0815 e. The standard InChI is InChI=1S/C17H25N3/c1-5-14-8-7-9-15(6-2)17(14)18-12-16-10-11-20(19-16)13(3)4/h7-11,13,18H,5-6,12H2,1-4H3. The highest BCUT2D eigenvalue weighted by molar-refractivity contribution is 5.57. The number of hydrogen-bond acceptors (Lipinski definition) is 2. The van der Waals surface area contributed by atoms with E-state index in [1.807, 2.05) is 10.9 Å². The number of aryl methyl sites for hydroxylation is 2. The third-order valence-corrected chi connectivity index (χ3v) is 3.64. The first kappa shape index (κ1) is 14.6. The second-order valence-electron chi connectivity index (χ2n) is 5.39. The van der Waals surface area contributed by atoms with Crippen molar-refractivity contribution in [3.05, 3.63) is 47.3 Å². The van der Waals surface area contributed by atoms with Crippen LogP contribution in [0, 0.1) is 0 Å². The van der Waals surface area contributed by atoms with Crippen LogP contribution in [0.25, 0.3) is 0 Å². The summed E-state index contributed by atoms with van der Waals surface area (Å²) in [5.74, 6) is 0. The van der Waals surface area contributed by atoms with Crippen LogP contribution in [0.3, 0.4) is 0 Å². The number of aromatic nitrogens is 2. The molecule has 1 N–H and O–H groups in total. The average Bonchev–Trinajstić information content (AvgIpc) is 2.93. The minimum atomic E-state index is 0.415. The van der Waals surface area contributed by atoms with Crippen LogP contribution in [0.5, 0.6) is 0 Å². The van der Waals surface area contributed by atoms with Crippen LogP contribution in [0.1, 0.15) is 50.6 Å². The molecule has 0 saturated carbocycles. The molecule has 0 atom stereocenters. The molecule has 0 amide bonds. The molecule has 108 valence electrons. The summed E-state index contributed by atoms with van der Waals surface area (Å²) in [6.45, 7) is 9.47. The number of nitrogens with one attached hydrogen (secondary N) is 1. The molecule has 0 saturated heterocycles. The first-order chi connectivity index (χ1) is 9.65. The van der Waals surface area contributed by atoms with Gasteiger partial charge in [0.2, 0.25) is 0 Å². The third kappa shape index (κ3) is 3.21. The molecular formula is C17H25N3. The van der Waals surface area contributed by atoms with E-state index in [9.17, 15) is 0 Å². The van der Waals surface area contributed by atoms with E-state index in [0.717, 1.165) is 25.1 Å². The SMILES string of the molecule is CCc1cccc(CC)c1NCc1ccn(C(C)C)n1. The number of benzene rings is 1. The Balaban J connectivity index is 2.13. The Morgan fingerprint density at radius 2 is 1.75 bits per heavy atom. The summed E-state index contributed by atoms with van der Waals surface area (Å²) < 4.78 is 2.00. The molecule has 0 radical (unpaired) electrons. The van der Waals surface area contributed by atoms with E-state index in [-0.39, 0.29) is 0 Å². The van der Waals surface area contributed by atoms with Gasteiger partial charge in [-0.1, -0.05) is 32.0 Å². The summed E-state index contributed by atoms with van der Waals surface area (Å²) in [6, 6.07) is 9.06. The van der Waals surface area contributed by atoms with Gasteiger partial charge in [-0.05, 0) is 43.9 Å². The van der Waals surface area contributed by atoms with Crippen LogP contribution >= 0.6 is 0 Å². The van der Waals surface area contributed by atoms with E-state index in [4.69, 9.17) is 0 Å². The number of para-hydroxylation sites is 1. The van der Waals surface area contributed by atoms with Gasteiger partial charge >= 0.3 is 0 Å². The quantitative estimate of drug-likeness (QED) is 0.853. The summed E-state index contributed by atoms with van der Waals surface area (Å²) >= 11 is 0. The van der Waals surface area contributed by atoms with E-state index in [0.29, 0.717) is 6.04 Å². The first-order valence-corrected chi connectivity index (χ1v) is 7.54. The van der Waals surface area contributed by atoms with Crippen LogP contribution in [-0.2, 0) is 19.4 Å². The fourth-order valence-electron chi connectivity index (χ4n) is 2.41.